The van der Waals surface area contributed by atoms with E-state index in [4.69, 9.17) is 14.2 Å². The fourth-order valence-electron chi connectivity index (χ4n) is 3.24. The maximum absolute atomic E-state index is 12.5. The third kappa shape index (κ3) is 4.88. The molecule has 2 aromatic carbocycles. The molecule has 0 atom stereocenters. The van der Waals surface area contributed by atoms with E-state index in [1.54, 1.807) is 13.2 Å². The minimum atomic E-state index is -0.0164. The Balaban J connectivity index is 1.55. The first-order valence-electron chi connectivity index (χ1n) is 9.62. The van der Waals surface area contributed by atoms with Crippen LogP contribution in [-0.2, 0) is 4.79 Å². The lowest BCUT2D eigenvalue weighted by atomic mass is 10.2. The summed E-state index contributed by atoms with van der Waals surface area (Å²) in [4.78, 5) is 16.7. The van der Waals surface area contributed by atoms with Crippen LogP contribution in [0.5, 0.6) is 17.2 Å². The van der Waals surface area contributed by atoms with Gasteiger partial charge < -0.3 is 24.0 Å². The summed E-state index contributed by atoms with van der Waals surface area (Å²) < 4.78 is 16.9. The lowest BCUT2D eigenvalue weighted by molar-refractivity contribution is -0.133. The first-order valence-corrected chi connectivity index (χ1v) is 9.62. The summed E-state index contributed by atoms with van der Waals surface area (Å²) in [5.41, 5.74) is 1.08. The van der Waals surface area contributed by atoms with E-state index in [0.29, 0.717) is 24.6 Å². The van der Waals surface area contributed by atoms with Gasteiger partial charge in [0.15, 0.2) is 18.1 Å². The number of piperazine rings is 1. The van der Waals surface area contributed by atoms with Crippen molar-refractivity contribution in [3.63, 3.8) is 0 Å². The van der Waals surface area contributed by atoms with Crippen molar-refractivity contribution in [2.45, 2.75) is 20.0 Å². The van der Waals surface area contributed by atoms with Gasteiger partial charge in [0, 0.05) is 26.2 Å². The SMILES string of the molecule is COc1ccccc1OCC(=O)N1CCN(c2ccccc2OC(C)C)CC1. The van der Waals surface area contributed by atoms with Crippen molar-refractivity contribution in [3.05, 3.63) is 48.5 Å². The van der Waals surface area contributed by atoms with Crippen LogP contribution in [0.2, 0.25) is 0 Å². The van der Waals surface area contributed by atoms with Gasteiger partial charge in [-0.05, 0) is 38.1 Å². The Morgan fingerprint density at radius 1 is 0.929 bits per heavy atom. The summed E-state index contributed by atoms with van der Waals surface area (Å²) >= 11 is 0. The normalized spacial score (nSPS) is 14.1. The standard InChI is InChI=1S/C22H28N2O4/c1-17(2)28-19-9-5-4-8-18(19)23-12-14-24(15-13-23)22(25)16-27-21-11-7-6-10-20(21)26-3/h4-11,17H,12-16H2,1-3H3. The van der Waals surface area contributed by atoms with Gasteiger partial charge in [-0.15, -0.1) is 0 Å². The molecule has 0 spiro atoms. The van der Waals surface area contributed by atoms with Crippen LogP contribution in [0.1, 0.15) is 13.8 Å². The van der Waals surface area contributed by atoms with Crippen molar-refractivity contribution < 1.29 is 19.0 Å². The Morgan fingerprint density at radius 3 is 2.18 bits per heavy atom. The molecule has 0 N–H and O–H groups in total. The van der Waals surface area contributed by atoms with Crippen LogP contribution in [0.15, 0.2) is 48.5 Å². The van der Waals surface area contributed by atoms with E-state index < -0.39 is 0 Å². The molecule has 0 unspecified atom stereocenters. The highest BCUT2D eigenvalue weighted by atomic mass is 16.5. The number of rotatable bonds is 7. The summed E-state index contributed by atoms with van der Waals surface area (Å²) in [7, 11) is 1.59. The van der Waals surface area contributed by atoms with Gasteiger partial charge in [-0.3, -0.25) is 4.79 Å². The second-order valence-corrected chi connectivity index (χ2v) is 6.94. The van der Waals surface area contributed by atoms with E-state index in [2.05, 4.69) is 11.0 Å². The number of carbonyl (C=O) groups is 1. The van der Waals surface area contributed by atoms with Gasteiger partial charge in [-0.25, -0.2) is 0 Å². The van der Waals surface area contributed by atoms with Crippen molar-refractivity contribution in [1.29, 1.82) is 0 Å². The molecule has 0 radical (unpaired) electrons. The largest absolute Gasteiger partial charge is 0.493 e. The smallest absolute Gasteiger partial charge is 0.260 e. The van der Waals surface area contributed by atoms with Crippen molar-refractivity contribution >= 4 is 11.6 Å². The summed E-state index contributed by atoms with van der Waals surface area (Å²) in [6, 6.07) is 15.4. The van der Waals surface area contributed by atoms with Crippen LogP contribution >= 0.6 is 0 Å². The van der Waals surface area contributed by atoms with Crippen molar-refractivity contribution in [1.82, 2.24) is 4.90 Å². The number of benzene rings is 2. The summed E-state index contributed by atoms with van der Waals surface area (Å²) in [6.45, 7) is 6.89. The topological polar surface area (TPSA) is 51.2 Å². The van der Waals surface area contributed by atoms with Crippen LogP contribution < -0.4 is 19.1 Å². The molecule has 0 saturated carbocycles. The quantitative estimate of drug-likeness (QED) is 0.734. The predicted octanol–water partition coefficient (Wildman–Crippen LogP) is 3.21. The number of ether oxygens (including phenoxy) is 3. The molecule has 0 aromatic heterocycles. The van der Waals surface area contributed by atoms with Gasteiger partial charge in [0.25, 0.3) is 5.91 Å². The zero-order chi connectivity index (χ0) is 19.9. The summed E-state index contributed by atoms with van der Waals surface area (Å²) in [6.07, 6.45) is 0.121. The van der Waals surface area contributed by atoms with Gasteiger partial charge in [0.05, 0.1) is 18.9 Å². The van der Waals surface area contributed by atoms with Crippen molar-refractivity contribution in [2.75, 3.05) is 44.8 Å². The number of methoxy groups -OCH3 is 1. The zero-order valence-corrected chi connectivity index (χ0v) is 16.8. The van der Waals surface area contributed by atoms with E-state index in [9.17, 15) is 4.79 Å². The van der Waals surface area contributed by atoms with Crippen LogP contribution in [0.25, 0.3) is 0 Å². The molecule has 2 aromatic rings. The first-order chi connectivity index (χ1) is 13.6. The van der Waals surface area contributed by atoms with Crippen LogP contribution in [0.3, 0.4) is 0 Å². The van der Waals surface area contributed by atoms with Gasteiger partial charge in [-0.1, -0.05) is 24.3 Å². The van der Waals surface area contributed by atoms with Gasteiger partial charge in [-0.2, -0.15) is 0 Å². The lowest BCUT2D eigenvalue weighted by Gasteiger charge is -2.36. The highest BCUT2D eigenvalue weighted by Crippen LogP contribution is 2.30. The molecule has 1 aliphatic heterocycles. The van der Waals surface area contributed by atoms with E-state index in [1.807, 2.05) is 55.1 Å². The Labute approximate surface area is 166 Å². The van der Waals surface area contributed by atoms with E-state index in [-0.39, 0.29) is 18.6 Å². The number of carbonyl (C=O) groups excluding carboxylic acids is 1. The lowest BCUT2D eigenvalue weighted by Crippen LogP contribution is -2.50. The maximum atomic E-state index is 12.5. The van der Waals surface area contributed by atoms with Crippen molar-refractivity contribution in [3.8, 4) is 17.2 Å². The number of anilines is 1. The maximum Gasteiger partial charge on any atom is 0.260 e. The Kier molecular flexibility index (Phi) is 6.63. The summed E-state index contributed by atoms with van der Waals surface area (Å²) in [5.74, 6) is 2.08. The minimum Gasteiger partial charge on any atom is -0.493 e. The number of nitrogens with zero attached hydrogens (tertiary/aromatic N) is 2. The molecule has 0 aliphatic carbocycles. The molecule has 6 heteroatoms. The Bertz CT molecular complexity index is 786. The number of para-hydroxylation sites is 4. The molecule has 6 nitrogen and oxygen atoms in total. The van der Waals surface area contributed by atoms with Crippen LogP contribution in [0.4, 0.5) is 5.69 Å². The molecule has 3 rings (SSSR count). The molecule has 1 saturated heterocycles. The number of hydrogen-bond acceptors (Lipinski definition) is 5. The molecule has 28 heavy (non-hydrogen) atoms. The second-order valence-electron chi connectivity index (χ2n) is 6.94. The van der Waals surface area contributed by atoms with Crippen LogP contribution in [-0.4, -0.2) is 56.8 Å². The monoisotopic (exact) mass is 384 g/mol. The minimum absolute atomic E-state index is 0.00736. The predicted molar refractivity (Wildman–Crippen MR) is 109 cm³/mol. The molecule has 1 heterocycles. The van der Waals surface area contributed by atoms with E-state index >= 15 is 0 Å². The average Bonchev–Trinajstić information content (AvgIpc) is 2.72. The molecular weight excluding hydrogens is 356 g/mol. The molecule has 150 valence electrons. The molecular formula is C22H28N2O4. The third-order valence-corrected chi connectivity index (χ3v) is 4.62. The van der Waals surface area contributed by atoms with Gasteiger partial charge in [0.1, 0.15) is 5.75 Å². The van der Waals surface area contributed by atoms with Crippen molar-refractivity contribution in [2.24, 2.45) is 0 Å². The van der Waals surface area contributed by atoms with E-state index in [0.717, 1.165) is 24.5 Å². The summed E-state index contributed by atoms with van der Waals surface area (Å²) in [5, 5.41) is 0. The van der Waals surface area contributed by atoms with Gasteiger partial charge in [0.2, 0.25) is 0 Å². The first kappa shape index (κ1) is 19.9. The van der Waals surface area contributed by atoms with Crippen LogP contribution in [0, 0.1) is 0 Å². The highest BCUT2D eigenvalue weighted by molar-refractivity contribution is 5.78. The average molecular weight is 384 g/mol. The third-order valence-electron chi connectivity index (χ3n) is 4.62. The van der Waals surface area contributed by atoms with Gasteiger partial charge >= 0.3 is 0 Å². The fourth-order valence-corrected chi connectivity index (χ4v) is 3.24. The highest BCUT2D eigenvalue weighted by Gasteiger charge is 2.23. The Hall–Kier alpha value is -2.89. The number of hydrogen-bond donors (Lipinski definition) is 0. The number of amides is 1. The fraction of sp³-hybridized carbons (Fsp3) is 0.409. The molecule has 0 bridgehead atoms. The molecule has 1 aliphatic rings. The Morgan fingerprint density at radius 2 is 1.54 bits per heavy atom. The second kappa shape index (κ2) is 9.35. The van der Waals surface area contributed by atoms with E-state index in [1.165, 1.54) is 0 Å². The molecule has 1 fully saturated rings. The zero-order valence-electron chi connectivity index (χ0n) is 16.8. The molecule has 1 amide bonds.